The molecule has 0 unspecified atom stereocenters. The van der Waals surface area contributed by atoms with Crippen LogP contribution in [0.2, 0.25) is 0 Å². The second-order valence-electron chi connectivity index (χ2n) is 7.62. The van der Waals surface area contributed by atoms with Crippen molar-refractivity contribution in [1.82, 2.24) is 4.90 Å². The fourth-order valence-electron chi connectivity index (χ4n) is 4.39. The van der Waals surface area contributed by atoms with Gasteiger partial charge in [0, 0.05) is 6.54 Å². The van der Waals surface area contributed by atoms with Gasteiger partial charge >= 0.3 is 11.9 Å². The average molecular weight is 388 g/mol. The van der Waals surface area contributed by atoms with Crippen molar-refractivity contribution in [3.63, 3.8) is 0 Å². The Morgan fingerprint density at radius 2 is 1.75 bits per heavy atom. The normalized spacial score (nSPS) is 22.1. The summed E-state index contributed by atoms with van der Waals surface area (Å²) in [7, 11) is 2.56. The highest BCUT2D eigenvalue weighted by Crippen LogP contribution is 2.35. The predicted molar refractivity (Wildman–Crippen MR) is 104 cm³/mol. The lowest BCUT2D eigenvalue weighted by molar-refractivity contribution is -0.118. The van der Waals surface area contributed by atoms with Crippen LogP contribution in [0.3, 0.4) is 0 Å². The lowest BCUT2D eigenvalue weighted by Gasteiger charge is -2.41. The number of fused-ring (bicyclic) bond motifs is 1. The first-order valence-corrected chi connectivity index (χ1v) is 9.84. The fourth-order valence-corrected chi connectivity index (χ4v) is 4.39. The summed E-state index contributed by atoms with van der Waals surface area (Å²) in [6.07, 6.45) is 6.31. The first-order valence-electron chi connectivity index (χ1n) is 9.84. The second kappa shape index (κ2) is 9.19. The molecule has 3 rings (SSSR count). The molecule has 1 saturated carbocycles. The fraction of sp³-hybridized carbons (Fsp3) is 0.571. The Morgan fingerprint density at radius 3 is 2.46 bits per heavy atom. The largest absolute Gasteiger partial charge is 0.465 e. The van der Waals surface area contributed by atoms with Gasteiger partial charge in [-0.3, -0.25) is 9.69 Å². The number of rotatable bonds is 5. The van der Waals surface area contributed by atoms with Gasteiger partial charge in [0.25, 0.3) is 0 Å². The maximum atomic E-state index is 12.6. The zero-order valence-corrected chi connectivity index (χ0v) is 16.5. The first kappa shape index (κ1) is 20.3. The molecule has 28 heavy (non-hydrogen) atoms. The highest BCUT2D eigenvalue weighted by molar-refractivity contribution is 6.03. The molecule has 1 aliphatic carbocycles. The summed E-state index contributed by atoms with van der Waals surface area (Å²) < 4.78 is 9.50. The van der Waals surface area contributed by atoms with Gasteiger partial charge in [0.1, 0.15) is 0 Å². The van der Waals surface area contributed by atoms with Gasteiger partial charge in [0.2, 0.25) is 5.91 Å². The third-order valence-electron chi connectivity index (χ3n) is 5.86. The quantitative estimate of drug-likeness (QED) is 0.781. The average Bonchev–Trinajstić information content (AvgIpc) is 2.72. The topological polar surface area (TPSA) is 84.9 Å². The lowest BCUT2D eigenvalue weighted by Crippen LogP contribution is -2.44. The molecule has 1 aliphatic heterocycles. The molecular weight excluding hydrogens is 360 g/mol. The Balaban J connectivity index is 1.68. The van der Waals surface area contributed by atoms with Gasteiger partial charge in [-0.2, -0.15) is 0 Å². The van der Waals surface area contributed by atoms with Gasteiger partial charge in [-0.1, -0.05) is 19.3 Å². The van der Waals surface area contributed by atoms with Crippen LogP contribution in [0.1, 0.15) is 52.8 Å². The van der Waals surface area contributed by atoms with Crippen LogP contribution in [-0.2, 0) is 14.3 Å². The molecule has 0 bridgehead atoms. The van der Waals surface area contributed by atoms with Crippen molar-refractivity contribution in [2.45, 2.75) is 32.1 Å². The maximum Gasteiger partial charge on any atom is 0.339 e. The SMILES string of the molecule is COC(=O)c1ccc(C(=O)OC)c(NC(=O)CN2CC[C@H]3CCCC[C@@H]3C2)c1. The Kier molecular flexibility index (Phi) is 6.67. The first-order chi connectivity index (χ1) is 13.5. The molecule has 0 aromatic heterocycles. The van der Waals surface area contributed by atoms with Crippen molar-refractivity contribution in [2.75, 3.05) is 39.2 Å². The van der Waals surface area contributed by atoms with E-state index in [9.17, 15) is 14.4 Å². The molecule has 2 aliphatic rings. The second-order valence-corrected chi connectivity index (χ2v) is 7.62. The number of amides is 1. The van der Waals surface area contributed by atoms with E-state index < -0.39 is 11.9 Å². The van der Waals surface area contributed by atoms with E-state index in [1.807, 2.05) is 0 Å². The number of likely N-dealkylation sites (tertiary alicyclic amines) is 1. The van der Waals surface area contributed by atoms with Gasteiger partial charge in [-0.25, -0.2) is 9.59 Å². The van der Waals surface area contributed by atoms with E-state index in [1.165, 1.54) is 58.1 Å². The third kappa shape index (κ3) is 4.70. The highest BCUT2D eigenvalue weighted by Gasteiger charge is 2.31. The number of carbonyl (C=O) groups excluding carboxylic acids is 3. The van der Waals surface area contributed by atoms with E-state index in [-0.39, 0.29) is 29.3 Å². The summed E-state index contributed by atoms with van der Waals surface area (Å²) >= 11 is 0. The van der Waals surface area contributed by atoms with E-state index >= 15 is 0 Å². The standard InChI is InChI=1S/C21H28N2O5/c1-27-20(25)15-7-8-17(21(26)28-2)18(11-15)22-19(24)13-23-10-9-14-5-3-4-6-16(14)12-23/h7-8,11,14,16H,3-6,9-10,12-13H2,1-2H3,(H,22,24)/t14-,16-/m1/s1. The van der Waals surface area contributed by atoms with Gasteiger partial charge in [0.15, 0.2) is 0 Å². The van der Waals surface area contributed by atoms with Crippen molar-refractivity contribution in [3.8, 4) is 0 Å². The zero-order valence-electron chi connectivity index (χ0n) is 16.5. The summed E-state index contributed by atoms with van der Waals surface area (Å²) in [6.45, 7) is 2.14. The Hall–Kier alpha value is -2.41. The van der Waals surface area contributed by atoms with Crippen molar-refractivity contribution in [1.29, 1.82) is 0 Å². The van der Waals surface area contributed by atoms with Gasteiger partial charge < -0.3 is 14.8 Å². The molecular formula is C21H28N2O5. The van der Waals surface area contributed by atoms with Crippen molar-refractivity contribution in [3.05, 3.63) is 29.3 Å². The lowest BCUT2D eigenvalue weighted by atomic mass is 9.75. The molecule has 1 heterocycles. The smallest absolute Gasteiger partial charge is 0.339 e. The van der Waals surface area contributed by atoms with Gasteiger partial charge in [-0.05, 0) is 49.4 Å². The van der Waals surface area contributed by atoms with Gasteiger partial charge in [-0.15, -0.1) is 0 Å². The number of hydrogen-bond donors (Lipinski definition) is 1. The van der Waals surface area contributed by atoms with Crippen LogP contribution in [0.5, 0.6) is 0 Å². The number of carbonyl (C=O) groups is 3. The number of nitrogens with one attached hydrogen (secondary N) is 1. The van der Waals surface area contributed by atoms with Crippen LogP contribution in [0.4, 0.5) is 5.69 Å². The number of anilines is 1. The van der Waals surface area contributed by atoms with Crippen molar-refractivity contribution >= 4 is 23.5 Å². The maximum absolute atomic E-state index is 12.6. The molecule has 2 atom stereocenters. The van der Waals surface area contributed by atoms with E-state index in [1.54, 1.807) is 0 Å². The number of ether oxygens (including phenoxy) is 2. The van der Waals surface area contributed by atoms with Crippen molar-refractivity contribution in [2.24, 2.45) is 11.8 Å². The van der Waals surface area contributed by atoms with Crippen LogP contribution in [0.15, 0.2) is 18.2 Å². The summed E-state index contributed by atoms with van der Waals surface area (Å²) in [5.74, 6) is 0.168. The van der Waals surface area contributed by atoms with Crippen LogP contribution in [0, 0.1) is 11.8 Å². The van der Waals surface area contributed by atoms with Crippen LogP contribution in [-0.4, -0.2) is 56.6 Å². The third-order valence-corrected chi connectivity index (χ3v) is 5.86. The number of nitrogens with zero attached hydrogens (tertiary/aromatic N) is 1. The molecule has 1 saturated heterocycles. The molecule has 7 heteroatoms. The predicted octanol–water partition coefficient (Wildman–Crippen LogP) is 2.71. The number of benzene rings is 1. The number of hydrogen-bond acceptors (Lipinski definition) is 6. The van der Waals surface area contributed by atoms with E-state index in [4.69, 9.17) is 9.47 Å². The molecule has 2 fully saturated rings. The molecule has 1 aromatic rings. The minimum atomic E-state index is -0.574. The summed E-state index contributed by atoms with van der Waals surface area (Å²) in [6, 6.07) is 4.38. The zero-order chi connectivity index (χ0) is 20.1. The molecule has 0 radical (unpaired) electrons. The number of esters is 2. The highest BCUT2D eigenvalue weighted by atomic mass is 16.5. The van der Waals surface area contributed by atoms with Crippen LogP contribution in [0.25, 0.3) is 0 Å². The summed E-state index contributed by atoms with van der Waals surface area (Å²) in [4.78, 5) is 38.6. The summed E-state index contributed by atoms with van der Waals surface area (Å²) in [5.41, 5.74) is 0.718. The molecule has 1 aromatic carbocycles. The minimum Gasteiger partial charge on any atom is -0.465 e. The van der Waals surface area contributed by atoms with E-state index in [0.29, 0.717) is 5.92 Å². The van der Waals surface area contributed by atoms with E-state index in [2.05, 4.69) is 10.2 Å². The van der Waals surface area contributed by atoms with Crippen molar-refractivity contribution < 1.29 is 23.9 Å². The number of piperidine rings is 1. The van der Waals surface area contributed by atoms with Gasteiger partial charge in [0.05, 0.1) is 37.6 Å². The monoisotopic (exact) mass is 388 g/mol. The Bertz CT molecular complexity index is 748. The Labute approximate surface area is 165 Å². The minimum absolute atomic E-state index is 0.203. The molecule has 1 amide bonds. The number of methoxy groups -OCH3 is 2. The molecule has 152 valence electrons. The summed E-state index contributed by atoms with van der Waals surface area (Å²) in [5, 5.41) is 2.78. The van der Waals surface area contributed by atoms with E-state index in [0.717, 1.165) is 25.4 Å². The molecule has 7 nitrogen and oxygen atoms in total. The van der Waals surface area contributed by atoms with Crippen LogP contribution >= 0.6 is 0 Å². The molecule has 0 spiro atoms. The Morgan fingerprint density at radius 1 is 1.04 bits per heavy atom. The van der Waals surface area contributed by atoms with Crippen LogP contribution < -0.4 is 5.32 Å². The molecule has 1 N–H and O–H groups in total.